The van der Waals surface area contributed by atoms with E-state index < -0.39 is 12.3 Å². The Hall–Kier alpha value is -3.28. The number of hydrogen-bond donors (Lipinski definition) is 0. The smallest absolute Gasteiger partial charge is 0.429 e. The van der Waals surface area contributed by atoms with Gasteiger partial charge < -0.3 is 9.47 Å². The van der Waals surface area contributed by atoms with Crippen molar-refractivity contribution in [2.45, 2.75) is 18.7 Å². The highest BCUT2D eigenvalue weighted by atomic mass is 19.4. The van der Waals surface area contributed by atoms with E-state index >= 15 is 0 Å². The molecule has 0 N–H and O–H groups in total. The van der Waals surface area contributed by atoms with Gasteiger partial charge in [0.05, 0.1) is 6.61 Å². The van der Waals surface area contributed by atoms with Gasteiger partial charge in [-0.1, -0.05) is 60.7 Å². The molecule has 150 valence electrons. The molecule has 0 aliphatic carbocycles. The Kier molecular flexibility index (Phi) is 6.54. The number of ether oxygens (including phenoxy) is 2. The Labute approximate surface area is 166 Å². The van der Waals surface area contributed by atoms with Gasteiger partial charge in [-0.05, 0) is 23.8 Å². The summed E-state index contributed by atoms with van der Waals surface area (Å²) in [5.74, 6) is 0.0190. The van der Waals surface area contributed by atoms with Gasteiger partial charge in [0.25, 0.3) is 0 Å². The zero-order valence-electron chi connectivity index (χ0n) is 15.4. The standard InChI is InChI=1S/C23H19F3O3/c24-23(25,26)22(19-9-5-2-6-10-19)29-21-15-18(16-27)11-12-20(21)28-14-13-17-7-3-1-4-8-17/h1-12,15-16,22H,13-14H2/t22-/m0/s1. The highest BCUT2D eigenvalue weighted by Crippen LogP contribution is 2.40. The minimum atomic E-state index is -4.64. The summed E-state index contributed by atoms with van der Waals surface area (Å²) in [4.78, 5) is 11.1. The summed E-state index contributed by atoms with van der Waals surface area (Å²) in [5.41, 5.74) is 1.20. The van der Waals surface area contributed by atoms with Crippen molar-refractivity contribution in [1.29, 1.82) is 0 Å². The second-order valence-electron chi connectivity index (χ2n) is 6.36. The molecular formula is C23H19F3O3. The second kappa shape index (κ2) is 9.28. The molecule has 3 aromatic rings. The summed E-state index contributed by atoms with van der Waals surface area (Å²) in [7, 11) is 0. The monoisotopic (exact) mass is 400 g/mol. The normalized spacial score (nSPS) is 12.2. The van der Waals surface area contributed by atoms with Crippen LogP contribution in [-0.4, -0.2) is 19.1 Å². The van der Waals surface area contributed by atoms with Gasteiger partial charge in [-0.3, -0.25) is 4.79 Å². The van der Waals surface area contributed by atoms with Crippen molar-refractivity contribution in [1.82, 2.24) is 0 Å². The summed E-state index contributed by atoms with van der Waals surface area (Å²) in [6, 6.07) is 21.1. The summed E-state index contributed by atoms with van der Waals surface area (Å²) in [5, 5.41) is 0. The predicted molar refractivity (Wildman–Crippen MR) is 103 cm³/mol. The average molecular weight is 400 g/mol. The van der Waals surface area contributed by atoms with E-state index in [2.05, 4.69) is 0 Å². The first-order valence-electron chi connectivity index (χ1n) is 9.01. The van der Waals surface area contributed by atoms with Crippen molar-refractivity contribution in [2.24, 2.45) is 0 Å². The van der Waals surface area contributed by atoms with Gasteiger partial charge in [-0.2, -0.15) is 13.2 Å². The third-order valence-corrected chi connectivity index (χ3v) is 4.24. The Morgan fingerprint density at radius 1 is 0.862 bits per heavy atom. The van der Waals surface area contributed by atoms with Crippen LogP contribution in [0.1, 0.15) is 27.6 Å². The van der Waals surface area contributed by atoms with Crippen molar-refractivity contribution >= 4 is 6.29 Å². The fraction of sp³-hybridized carbons (Fsp3) is 0.174. The van der Waals surface area contributed by atoms with Gasteiger partial charge in [0.1, 0.15) is 6.29 Å². The molecule has 0 heterocycles. The van der Waals surface area contributed by atoms with Crippen LogP contribution < -0.4 is 9.47 Å². The number of alkyl halides is 3. The van der Waals surface area contributed by atoms with Gasteiger partial charge in [0.2, 0.25) is 6.10 Å². The largest absolute Gasteiger partial charge is 0.489 e. The number of rotatable bonds is 8. The highest BCUT2D eigenvalue weighted by Gasteiger charge is 2.43. The minimum Gasteiger partial charge on any atom is -0.489 e. The van der Waals surface area contributed by atoms with Gasteiger partial charge >= 0.3 is 6.18 Å². The lowest BCUT2D eigenvalue weighted by Gasteiger charge is -2.23. The lowest BCUT2D eigenvalue weighted by atomic mass is 10.1. The van der Waals surface area contributed by atoms with Crippen LogP contribution in [0.2, 0.25) is 0 Å². The minimum absolute atomic E-state index is 0.0354. The van der Waals surface area contributed by atoms with Crippen LogP contribution in [0.5, 0.6) is 11.5 Å². The molecule has 0 saturated heterocycles. The summed E-state index contributed by atoms with van der Waals surface area (Å²) < 4.78 is 51.9. The molecule has 0 aliphatic rings. The van der Waals surface area contributed by atoms with E-state index in [4.69, 9.17) is 9.47 Å². The fourth-order valence-electron chi connectivity index (χ4n) is 2.81. The number of halogens is 3. The van der Waals surface area contributed by atoms with Crippen LogP contribution in [0, 0.1) is 0 Å². The first-order chi connectivity index (χ1) is 14.0. The zero-order valence-corrected chi connectivity index (χ0v) is 15.4. The van der Waals surface area contributed by atoms with Crippen molar-refractivity contribution in [3.8, 4) is 11.5 Å². The fourth-order valence-corrected chi connectivity index (χ4v) is 2.81. The first-order valence-corrected chi connectivity index (χ1v) is 9.01. The third kappa shape index (κ3) is 5.60. The van der Waals surface area contributed by atoms with Gasteiger partial charge in [0, 0.05) is 17.5 Å². The Bertz CT molecular complexity index is 925. The van der Waals surface area contributed by atoms with Crippen LogP contribution in [0.15, 0.2) is 78.9 Å². The average Bonchev–Trinajstić information content (AvgIpc) is 2.73. The SMILES string of the molecule is O=Cc1ccc(OCCc2ccccc2)c(O[C@@H](c2ccccc2)C(F)(F)F)c1. The van der Waals surface area contributed by atoms with Gasteiger partial charge in [0.15, 0.2) is 11.5 Å². The van der Waals surface area contributed by atoms with E-state index in [-0.39, 0.29) is 29.2 Å². The van der Waals surface area contributed by atoms with Crippen molar-refractivity contribution < 1.29 is 27.4 Å². The number of aldehydes is 1. The summed E-state index contributed by atoms with van der Waals surface area (Å²) >= 11 is 0. The van der Waals surface area contributed by atoms with Crippen LogP contribution >= 0.6 is 0 Å². The molecule has 0 fully saturated rings. The van der Waals surface area contributed by atoms with E-state index in [1.165, 1.54) is 42.5 Å². The van der Waals surface area contributed by atoms with Gasteiger partial charge in [-0.15, -0.1) is 0 Å². The molecule has 3 aromatic carbocycles. The van der Waals surface area contributed by atoms with Crippen LogP contribution in [-0.2, 0) is 6.42 Å². The van der Waals surface area contributed by atoms with E-state index in [0.717, 1.165) is 5.56 Å². The van der Waals surface area contributed by atoms with Gasteiger partial charge in [-0.25, -0.2) is 0 Å². The lowest BCUT2D eigenvalue weighted by molar-refractivity contribution is -0.198. The van der Waals surface area contributed by atoms with E-state index in [1.54, 1.807) is 6.07 Å². The number of hydrogen-bond acceptors (Lipinski definition) is 3. The maximum absolute atomic E-state index is 13.6. The van der Waals surface area contributed by atoms with Crippen LogP contribution in [0.25, 0.3) is 0 Å². The topological polar surface area (TPSA) is 35.5 Å². The van der Waals surface area contributed by atoms with E-state index in [1.807, 2.05) is 30.3 Å². The van der Waals surface area contributed by atoms with Crippen molar-refractivity contribution in [2.75, 3.05) is 6.61 Å². The molecule has 0 aliphatic heterocycles. The molecule has 0 spiro atoms. The number of benzene rings is 3. The van der Waals surface area contributed by atoms with E-state index in [0.29, 0.717) is 12.7 Å². The Balaban J connectivity index is 1.83. The molecule has 1 atom stereocenters. The second-order valence-corrected chi connectivity index (χ2v) is 6.36. The molecule has 0 saturated carbocycles. The molecule has 3 rings (SSSR count). The molecule has 0 aromatic heterocycles. The predicted octanol–water partition coefficient (Wildman–Crippen LogP) is 5.80. The maximum atomic E-state index is 13.6. The lowest BCUT2D eigenvalue weighted by Crippen LogP contribution is -2.26. The molecule has 29 heavy (non-hydrogen) atoms. The van der Waals surface area contributed by atoms with Crippen LogP contribution in [0.3, 0.4) is 0 Å². The van der Waals surface area contributed by atoms with Crippen molar-refractivity contribution in [3.63, 3.8) is 0 Å². The maximum Gasteiger partial charge on any atom is 0.429 e. The number of carbonyl (C=O) groups is 1. The molecule has 6 heteroatoms. The quantitative estimate of drug-likeness (QED) is 0.448. The van der Waals surface area contributed by atoms with Crippen LogP contribution in [0.4, 0.5) is 13.2 Å². The third-order valence-electron chi connectivity index (χ3n) is 4.24. The molecule has 0 radical (unpaired) electrons. The molecule has 3 nitrogen and oxygen atoms in total. The summed E-state index contributed by atoms with van der Waals surface area (Å²) in [6.45, 7) is 0.253. The molecular weight excluding hydrogens is 381 g/mol. The highest BCUT2D eigenvalue weighted by molar-refractivity contribution is 5.76. The van der Waals surface area contributed by atoms with E-state index in [9.17, 15) is 18.0 Å². The number of carbonyl (C=O) groups excluding carboxylic acids is 1. The van der Waals surface area contributed by atoms with Crippen molar-refractivity contribution in [3.05, 3.63) is 95.6 Å². The summed E-state index contributed by atoms with van der Waals surface area (Å²) in [6.07, 6.45) is -5.69. The molecule has 0 amide bonds. The Morgan fingerprint density at radius 2 is 1.52 bits per heavy atom. The molecule has 0 bridgehead atoms. The zero-order chi connectivity index (χ0) is 20.7. The Morgan fingerprint density at radius 3 is 2.14 bits per heavy atom. The molecule has 0 unspecified atom stereocenters. The first kappa shape index (κ1) is 20.5.